The Balaban J connectivity index is 2.11. The molecule has 0 bridgehead atoms. The van der Waals surface area contributed by atoms with Gasteiger partial charge >= 0.3 is 0 Å². The number of hydrogen-bond donors (Lipinski definition) is 2. The number of aliphatic hydroxyl groups is 1. The van der Waals surface area contributed by atoms with Gasteiger partial charge in [0.2, 0.25) is 0 Å². The number of hydrogen-bond acceptors (Lipinski definition) is 3. The molecule has 16 heavy (non-hydrogen) atoms. The summed E-state index contributed by atoms with van der Waals surface area (Å²) >= 11 is 0. The van der Waals surface area contributed by atoms with Crippen LogP contribution in [0.2, 0.25) is 0 Å². The van der Waals surface area contributed by atoms with Crippen molar-refractivity contribution in [3.05, 3.63) is 17.5 Å². The smallest absolute Gasteiger partial charge is 0.270 e. The van der Waals surface area contributed by atoms with Gasteiger partial charge in [-0.1, -0.05) is 6.92 Å². The van der Waals surface area contributed by atoms with E-state index < -0.39 is 0 Å². The van der Waals surface area contributed by atoms with E-state index in [0.717, 1.165) is 25.0 Å². The van der Waals surface area contributed by atoms with Crippen molar-refractivity contribution in [1.29, 1.82) is 0 Å². The van der Waals surface area contributed by atoms with Gasteiger partial charge in [-0.2, -0.15) is 5.10 Å². The van der Waals surface area contributed by atoms with Gasteiger partial charge in [0.1, 0.15) is 5.69 Å². The minimum atomic E-state index is -0.367. The third-order valence-corrected chi connectivity index (χ3v) is 3.06. The molecule has 1 heterocycles. The number of aliphatic hydroxyl groups excluding tert-OH is 1. The van der Waals surface area contributed by atoms with Crippen molar-refractivity contribution in [3.8, 4) is 0 Å². The van der Waals surface area contributed by atoms with E-state index >= 15 is 0 Å². The fourth-order valence-corrected chi connectivity index (χ4v) is 1.69. The normalized spacial score (nSPS) is 17.2. The quantitative estimate of drug-likeness (QED) is 0.768. The number of nitrogens with one attached hydrogen (secondary N) is 1. The topological polar surface area (TPSA) is 67.2 Å². The zero-order valence-corrected chi connectivity index (χ0v) is 9.66. The Bertz CT molecular complexity index is 407. The second-order valence-electron chi connectivity index (χ2n) is 4.39. The average molecular weight is 223 g/mol. The highest BCUT2D eigenvalue weighted by atomic mass is 16.3. The maximum atomic E-state index is 11.9. The predicted octanol–water partition coefficient (Wildman–Crippen LogP) is 0.237. The molecule has 1 amide bonds. The summed E-state index contributed by atoms with van der Waals surface area (Å²) in [5.41, 5.74) is 1.09. The summed E-state index contributed by atoms with van der Waals surface area (Å²) in [6.07, 6.45) is 2.52. The minimum absolute atomic E-state index is 0.0111. The number of amides is 1. The molecular weight excluding hydrogens is 206 g/mol. The molecule has 2 N–H and O–H groups in total. The van der Waals surface area contributed by atoms with Gasteiger partial charge < -0.3 is 10.4 Å². The third kappa shape index (κ3) is 1.95. The van der Waals surface area contributed by atoms with Crippen LogP contribution in [0.5, 0.6) is 0 Å². The highest BCUT2D eigenvalue weighted by Crippen LogP contribution is 2.34. The summed E-state index contributed by atoms with van der Waals surface area (Å²) in [5.74, 6) is -0.152. The highest BCUT2D eigenvalue weighted by molar-refractivity contribution is 5.93. The SMILES string of the molecule is CCc1cc(C(=O)NC2(CO)CC2)n(C)n1. The molecule has 1 aromatic heterocycles. The number of carbonyl (C=O) groups is 1. The summed E-state index contributed by atoms with van der Waals surface area (Å²) < 4.78 is 1.58. The van der Waals surface area contributed by atoms with Crippen molar-refractivity contribution in [2.45, 2.75) is 31.7 Å². The van der Waals surface area contributed by atoms with Gasteiger partial charge in [-0.25, -0.2) is 0 Å². The molecule has 5 nitrogen and oxygen atoms in total. The summed E-state index contributed by atoms with van der Waals surface area (Å²) in [5, 5.41) is 16.2. The lowest BCUT2D eigenvalue weighted by Gasteiger charge is -2.13. The van der Waals surface area contributed by atoms with Crippen molar-refractivity contribution >= 4 is 5.91 Å². The Hall–Kier alpha value is -1.36. The van der Waals surface area contributed by atoms with Gasteiger partial charge in [0.25, 0.3) is 5.91 Å². The van der Waals surface area contributed by atoms with E-state index in [1.807, 2.05) is 6.92 Å². The van der Waals surface area contributed by atoms with E-state index in [4.69, 9.17) is 5.11 Å². The molecule has 0 atom stereocenters. The Morgan fingerprint density at radius 1 is 1.69 bits per heavy atom. The second-order valence-corrected chi connectivity index (χ2v) is 4.39. The minimum Gasteiger partial charge on any atom is -0.394 e. The molecule has 1 aliphatic rings. The molecule has 0 unspecified atom stereocenters. The molecule has 0 spiro atoms. The van der Waals surface area contributed by atoms with Crippen molar-refractivity contribution in [2.75, 3.05) is 6.61 Å². The fraction of sp³-hybridized carbons (Fsp3) is 0.636. The lowest BCUT2D eigenvalue weighted by Crippen LogP contribution is -2.40. The van der Waals surface area contributed by atoms with Gasteiger partial charge in [0, 0.05) is 7.05 Å². The van der Waals surface area contributed by atoms with Crippen LogP contribution in [0.15, 0.2) is 6.07 Å². The van der Waals surface area contributed by atoms with Crippen molar-refractivity contribution in [1.82, 2.24) is 15.1 Å². The van der Waals surface area contributed by atoms with Crippen LogP contribution in [-0.2, 0) is 13.5 Å². The van der Waals surface area contributed by atoms with Gasteiger partial charge in [-0.3, -0.25) is 9.48 Å². The molecule has 0 aromatic carbocycles. The fourth-order valence-electron chi connectivity index (χ4n) is 1.69. The van der Waals surface area contributed by atoms with Crippen molar-refractivity contribution < 1.29 is 9.90 Å². The standard InChI is InChI=1S/C11H17N3O2/c1-3-8-6-9(14(2)13-8)10(16)12-11(7-15)4-5-11/h6,15H,3-5,7H2,1-2H3,(H,12,16). The van der Waals surface area contributed by atoms with Crippen LogP contribution >= 0.6 is 0 Å². The second kappa shape index (κ2) is 3.90. The van der Waals surface area contributed by atoms with Crippen molar-refractivity contribution in [2.24, 2.45) is 7.05 Å². The van der Waals surface area contributed by atoms with E-state index in [0.29, 0.717) is 5.69 Å². The maximum absolute atomic E-state index is 11.9. The van der Waals surface area contributed by atoms with Crippen LogP contribution in [0.4, 0.5) is 0 Å². The lowest BCUT2D eigenvalue weighted by atomic mass is 10.2. The lowest BCUT2D eigenvalue weighted by molar-refractivity contribution is 0.0897. The van der Waals surface area contributed by atoms with E-state index in [1.54, 1.807) is 17.8 Å². The Morgan fingerprint density at radius 3 is 2.81 bits per heavy atom. The molecule has 0 saturated heterocycles. The maximum Gasteiger partial charge on any atom is 0.270 e. The summed E-state index contributed by atoms with van der Waals surface area (Å²) in [7, 11) is 1.76. The van der Waals surface area contributed by atoms with E-state index in [9.17, 15) is 4.79 Å². The van der Waals surface area contributed by atoms with Crippen molar-refractivity contribution in [3.63, 3.8) is 0 Å². The number of carbonyl (C=O) groups excluding carboxylic acids is 1. The summed E-state index contributed by atoms with van der Waals surface area (Å²) in [6.45, 7) is 2.01. The van der Waals surface area contributed by atoms with E-state index in [-0.39, 0.29) is 18.1 Å². The van der Waals surface area contributed by atoms with Crippen LogP contribution in [-0.4, -0.2) is 32.9 Å². The zero-order chi connectivity index (χ0) is 11.8. The van der Waals surface area contributed by atoms with Crippen LogP contribution in [0, 0.1) is 0 Å². The monoisotopic (exact) mass is 223 g/mol. The molecular formula is C11H17N3O2. The van der Waals surface area contributed by atoms with Gasteiger partial charge in [-0.05, 0) is 25.3 Å². The van der Waals surface area contributed by atoms with Crippen LogP contribution in [0.3, 0.4) is 0 Å². The average Bonchev–Trinajstić information content (AvgIpc) is 2.94. The van der Waals surface area contributed by atoms with Gasteiger partial charge in [0.15, 0.2) is 0 Å². The van der Waals surface area contributed by atoms with Crippen LogP contribution in [0.25, 0.3) is 0 Å². The summed E-state index contributed by atoms with van der Waals surface area (Å²) in [4.78, 5) is 11.9. The van der Waals surface area contributed by atoms with E-state index in [1.165, 1.54) is 0 Å². The first-order valence-electron chi connectivity index (χ1n) is 5.56. The molecule has 2 rings (SSSR count). The molecule has 1 aliphatic carbocycles. The molecule has 1 fully saturated rings. The Labute approximate surface area is 94.5 Å². The van der Waals surface area contributed by atoms with E-state index in [2.05, 4.69) is 10.4 Å². The Kier molecular flexibility index (Phi) is 2.71. The molecule has 88 valence electrons. The van der Waals surface area contributed by atoms with Gasteiger partial charge in [0.05, 0.1) is 17.8 Å². The number of rotatable bonds is 4. The number of aryl methyl sites for hydroxylation is 2. The molecule has 0 radical (unpaired) electrons. The largest absolute Gasteiger partial charge is 0.394 e. The molecule has 1 aromatic rings. The molecule has 5 heteroatoms. The summed E-state index contributed by atoms with van der Waals surface area (Å²) in [6, 6.07) is 1.79. The first-order valence-corrected chi connectivity index (χ1v) is 5.56. The highest BCUT2D eigenvalue weighted by Gasteiger charge is 2.43. The predicted molar refractivity (Wildman–Crippen MR) is 59.1 cm³/mol. The first-order chi connectivity index (χ1) is 7.60. The first kappa shape index (κ1) is 11.1. The van der Waals surface area contributed by atoms with Crippen LogP contribution in [0.1, 0.15) is 35.9 Å². The molecule has 0 aliphatic heterocycles. The van der Waals surface area contributed by atoms with Crippen LogP contribution < -0.4 is 5.32 Å². The number of aromatic nitrogens is 2. The Morgan fingerprint density at radius 2 is 2.38 bits per heavy atom. The van der Waals surface area contributed by atoms with Gasteiger partial charge in [-0.15, -0.1) is 0 Å². The molecule has 1 saturated carbocycles. The third-order valence-electron chi connectivity index (χ3n) is 3.06. The number of nitrogens with zero attached hydrogens (tertiary/aromatic N) is 2. The zero-order valence-electron chi connectivity index (χ0n) is 9.66.